The van der Waals surface area contributed by atoms with E-state index < -0.39 is 0 Å². The number of urea groups is 1. The molecule has 116 valence electrons. The fraction of sp³-hybridized carbons (Fsp3) is 0.375. The normalized spacial score (nSPS) is 20.3. The van der Waals surface area contributed by atoms with Crippen LogP contribution in [-0.4, -0.2) is 16.2 Å². The summed E-state index contributed by atoms with van der Waals surface area (Å²) in [6, 6.07) is 6.44. The van der Waals surface area contributed by atoms with E-state index in [4.69, 9.17) is 0 Å². The molecule has 22 heavy (non-hydrogen) atoms. The molecular weight excluding hydrogens is 283 g/mol. The van der Waals surface area contributed by atoms with Crippen molar-refractivity contribution in [3.05, 3.63) is 53.1 Å². The Labute approximate surface area is 128 Å². The maximum absolute atomic E-state index is 13.9. The van der Waals surface area contributed by atoms with Crippen LogP contribution in [-0.2, 0) is 13.0 Å². The number of nitrogens with one attached hydrogen (secondary N) is 3. The highest BCUT2D eigenvalue weighted by molar-refractivity contribution is 5.74. The predicted molar refractivity (Wildman–Crippen MR) is 80.6 cm³/mol. The topological polar surface area (TPSA) is 69.8 Å². The molecule has 2 atom stereocenters. The van der Waals surface area contributed by atoms with Crippen LogP contribution in [0, 0.1) is 11.7 Å². The van der Waals surface area contributed by atoms with Crippen molar-refractivity contribution >= 4 is 6.03 Å². The van der Waals surface area contributed by atoms with Crippen LogP contribution in [0.4, 0.5) is 9.18 Å². The molecule has 3 rings (SSSR count). The first kappa shape index (κ1) is 14.6. The molecule has 0 bridgehead atoms. The van der Waals surface area contributed by atoms with Gasteiger partial charge < -0.3 is 10.6 Å². The number of aromatic amines is 1. The van der Waals surface area contributed by atoms with Crippen LogP contribution in [0.2, 0.25) is 0 Å². The van der Waals surface area contributed by atoms with Crippen LogP contribution in [0.3, 0.4) is 0 Å². The van der Waals surface area contributed by atoms with E-state index in [1.54, 1.807) is 18.3 Å². The zero-order chi connectivity index (χ0) is 15.5. The Bertz CT molecular complexity index is 656. The quantitative estimate of drug-likeness (QED) is 0.816. The monoisotopic (exact) mass is 302 g/mol. The largest absolute Gasteiger partial charge is 0.333 e. The van der Waals surface area contributed by atoms with Gasteiger partial charge in [-0.2, -0.15) is 5.10 Å². The van der Waals surface area contributed by atoms with Gasteiger partial charge in [-0.15, -0.1) is 0 Å². The van der Waals surface area contributed by atoms with Gasteiger partial charge in [-0.3, -0.25) is 5.10 Å². The fourth-order valence-corrected chi connectivity index (χ4v) is 2.95. The zero-order valence-corrected chi connectivity index (χ0v) is 12.4. The Hall–Kier alpha value is -2.37. The first-order valence-corrected chi connectivity index (χ1v) is 7.45. The van der Waals surface area contributed by atoms with Crippen LogP contribution in [0.25, 0.3) is 0 Å². The maximum atomic E-state index is 13.9. The van der Waals surface area contributed by atoms with Crippen molar-refractivity contribution in [1.29, 1.82) is 0 Å². The first-order valence-electron chi connectivity index (χ1n) is 7.45. The van der Waals surface area contributed by atoms with Gasteiger partial charge in [-0.1, -0.05) is 19.1 Å². The van der Waals surface area contributed by atoms with Crippen LogP contribution in [0.1, 0.15) is 36.2 Å². The number of fused-ring (bicyclic) bond motifs is 1. The van der Waals surface area contributed by atoms with Crippen molar-refractivity contribution in [1.82, 2.24) is 20.8 Å². The van der Waals surface area contributed by atoms with Crippen molar-refractivity contribution in [2.75, 3.05) is 0 Å². The van der Waals surface area contributed by atoms with E-state index in [1.807, 2.05) is 6.07 Å². The van der Waals surface area contributed by atoms with Gasteiger partial charge in [-0.05, 0) is 42.0 Å². The molecule has 0 saturated heterocycles. The van der Waals surface area contributed by atoms with Crippen molar-refractivity contribution in [3.8, 4) is 0 Å². The molecule has 1 heterocycles. The molecule has 0 radical (unpaired) electrons. The lowest BCUT2D eigenvalue weighted by Gasteiger charge is -2.32. The second-order valence-electron chi connectivity index (χ2n) is 5.71. The van der Waals surface area contributed by atoms with Gasteiger partial charge in [0, 0.05) is 6.20 Å². The Morgan fingerprint density at radius 2 is 2.32 bits per heavy atom. The molecule has 1 aliphatic carbocycles. The molecule has 0 aliphatic heterocycles. The third-order valence-corrected chi connectivity index (χ3v) is 4.19. The Morgan fingerprint density at radius 3 is 3.09 bits per heavy atom. The highest BCUT2D eigenvalue weighted by atomic mass is 19.1. The minimum absolute atomic E-state index is 0.166. The summed E-state index contributed by atoms with van der Waals surface area (Å²) in [6.07, 6.45) is 3.22. The molecule has 5 nitrogen and oxygen atoms in total. The highest BCUT2D eigenvalue weighted by Crippen LogP contribution is 2.35. The standard InChI is InChI=1S/C16H19FN4O/c1-10-5-6-12-13(3-2-4-14(12)17)15(10)20-16(22)18-9-11-7-8-19-21-11/h2-4,7-8,10,15H,5-6,9H2,1H3,(H,19,21)(H2,18,20,22)/t10-,15-/m0/s1. The van der Waals surface area contributed by atoms with E-state index in [0.717, 1.165) is 29.7 Å². The van der Waals surface area contributed by atoms with Crippen molar-refractivity contribution in [2.24, 2.45) is 5.92 Å². The summed E-state index contributed by atoms with van der Waals surface area (Å²) in [5.41, 5.74) is 2.44. The number of hydrogen-bond acceptors (Lipinski definition) is 2. The number of nitrogens with zero attached hydrogens (tertiary/aromatic N) is 1. The van der Waals surface area contributed by atoms with Crippen LogP contribution in [0.15, 0.2) is 30.5 Å². The Balaban J connectivity index is 1.69. The number of benzene rings is 1. The van der Waals surface area contributed by atoms with Crippen molar-refractivity contribution in [3.63, 3.8) is 0 Å². The van der Waals surface area contributed by atoms with Crippen molar-refractivity contribution < 1.29 is 9.18 Å². The van der Waals surface area contributed by atoms with Crippen LogP contribution >= 0.6 is 0 Å². The average Bonchev–Trinajstić information content (AvgIpc) is 3.02. The summed E-state index contributed by atoms with van der Waals surface area (Å²) in [6.45, 7) is 2.45. The molecule has 2 amide bonds. The number of hydrogen-bond donors (Lipinski definition) is 3. The van der Waals surface area contributed by atoms with E-state index in [9.17, 15) is 9.18 Å². The van der Waals surface area contributed by atoms with E-state index in [1.165, 1.54) is 6.07 Å². The summed E-state index contributed by atoms with van der Waals surface area (Å²) in [5.74, 6) is 0.0845. The van der Waals surface area contributed by atoms with Gasteiger partial charge in [0.15, 0.2) is 0 Å². The van der Waals surface area contributed by atoms with E-state index in [2.05, 4.69) is 27.8 Å². The first-order chi connectivity index (χ1) is 10.6. The molecule has 0 unspecified atom stereocenters. The highest BCUT2D eigenvalue weighted by Gasteiger charge is 2.29. The second-order valence-corrected chi connectivity index (χ2v) is 5.71. The average molecular weight is 302 g/mol. The molecule has 0 fully saturated rings. The summed E-state index contributed by atoms with van der Waals surface area (Å²) in [5, 5.41) is 12.4. The van der Waals surface area contributed by atoms with Gasteiger partial charge in [0.25, 0.3) is 0 Å². The van der Waals surface area contributed by atoms with Gasteiger partial charge in [-0.25, -0.2) is 9.18 Å². The molecule has 1 aromatic heterocycles. The molecule has 6 heteroatoms. The van der Waals surface area contributed by atoms with Gasteiger partial charge in [0.05, 0.1) is 18.3 Å². The molecule has 1 aliphatic rings. The number of amides is 2. The molecule has 1 aromatic carbocycles. The molecule has 3 N–H and O–H groups in total. The van der Waals surface area contributed by atoms with Gasteiger partial charge >= 0.3 is 6.03 Å². The van der Waals surface area contributed by atoms with Gasteiger partial charge in [0.2, 0.25) is 0 Å². The number of halogens is 1. The summed E-state index contributed by atoms with van der Waals surface area (Å²) in [7, 11) is 0. The molecule has 0 spiro atoms. The number of rotatable bonds is 3. The predicted octanol–water partition coefficient (Wildman–Crippen LogP) is 2.67. The maximum Gasteiger partial charge on any atom is 0.315 e. The number of H-pyrrole nitrogens is 1. The number of carbonyl (C=O) groups excluding carboxylic acids is 1. The van der Waals surface area contributed by atoms with E-state index >= 15 is 0 Å². The van der Waals surface area contributed by atoms with E-state index in [-0.39, 0.29) is 23.8 Å². The van der Waals surface area contributed by atoms with E-state index in [0.29, 0.717) is 6.54 Å². The zero-order valence-electron chi connectivity index (χ0n) is 12.4. The third-order valence-electron chi connectivity index (χ3n) is 4.19. The summed E-state index contributed by atoms with van der Waals surface area (Å²) < 4.78 is 13.9. The minimum Gasteiger partial charge on any atom is -0.333 e. The smallest absolute Gasteiger partial charge is 0.315 e. The minimum atomic E-state index is -0.261. The second kappa shape index (κ2) is 6.17. The molecular formula is C16H19FN4O. The van der Waals surface area contributed by atoms with Crippen LogP contribution in [0.5, 0.6) is 0 Å². The Morgan fingerprint density at radius 1 is 1.45 bits per heavy atom. The van der Waals surface area contributed by atoms with Crippen molar-refractivity contribution in [2.45, 2.75) is 32.4 Å². The fourth-order valence-electron chi connectivity index (χ4n) is 2.95. The third kappa shape index (κ3) is 2.95. The van der Waals surface area contributed by atoms with Gasteiger partial charge in [0.1, 0.15) is 5.82 Å². The number of aromatic nitrogens is 2. The lowest BCUT2D eigenvalue weighted by atomic mass is 9.80. The molecule has 0 saturated carbocycles. The van der Waals surface area contributed by atoms with Crippen LogP contribution < -0.4 is 10.6 Å². The number of carbonyl (C=O) groups is 1. The SMILES string of the molecule is C[C@H]1CCc2c(F)cccc2[C@H]1NC(=O)NCc1ccn[nH]1. The summed E-state index contributed by atoms with van der Waals surface area (Å²) in [4.78, 5) is 12.1. The Kier molecular flexibility index (Phi) is 4.09. The summed E-state index contributed by atoms with van der Waals surface area (Å²) >= 11 is 0. The lowest BCUT2D eigenvalue weighted by Crippen LogP contribution is -2.41. The molecule has 2 aromatic rings. The lowest BCUT2D eigenvalue weighted by molar-refractivity contribution is 0.229.